The monoisotopic (exact) mass is 358 g/mol. The minimum Gasteiger partial charge on any atom is -0.310 e. The molecule has 0 atom stereocenters. The normalized spacial score (nSPS) is 7.33. The van der Waals surface area contributed by atoms with Crippen LogP contribution < -0.4 is 0 Å². The first-order valence-corrected chi connectivity index (χ1v) is 4.12. The van der Waals surface area contributed by atoms with Gasteiger partial charge in [0.2, 0.25) is 0 Å². The Morgan fingerprint density at radius 1 is 1.33 bits per heavy atom. The summed E-state index contributed by atoms with van der Waals surface area (Å²) in [5, 5.41) is 0. The Labute approximate surface area is 33.9 Å². The van der Waals surface area contributed by atoms with E-state index in [2.05, 4.69) is 18.1 Å². The summed E-state index contributed by atoms with van der Waals surface area (Å²) >= 11 is 0. The van der Waals surface area contributed by atoms with Gasteiger partial charge >= 0.3 is 0 Å². The molecule has 6 heavy (non-hydrogen) atoms. The van der Waals surface area contributed by atoms with E-state index in [9.17, 15) is 0 Å². The molecule has 0 fully saturated rings. The average molecular weight is 358 g/mol. The summed E-state index contributed by atoms with van der Waals surface area (Å²) in [6, 6.07) is 0. The van der Waals surface area contributed by atoms with E-state index in [4.69, 9.17) is 0 Å². The standard InChI is InChI=1S/C3H10NP.Rf/c1-4-5(2)3;/h5H,1-3H3;. The van der Waals surface area contributed by atoms with E-state index in [0.717, 1.165) is 0 Å². The van der Waals surface area contributed by atoms with E-state index >= 15 is 0 Å². The molecule has 3 heteroatoms. The average Bonchev–Trinajstić information content (AvgIpc) is 1.38. The first-order valence-electron chi connectivity index (χ1n) is 1.67. The van der Waals surface area contributed by atoms with Crippen LogP contribution in [-0.2, 0) is 0 Å². The van der Waals surface area contributed by atoms with Gasteiger partial charge in [0.1, 0.15) is 0 Å². The SMILES string of the molecule is CN=[PH](C)C.[Rf]. The van der Waals surface area contributed by atoms with Crippen molar-refractivity contribution in [1.82, 2.24) is 0 Å². The molecule has 0 saturated carbocycles. The molecule has 0 aliphatic heterocycles. The Bertz CT molecular complexity index is 48.8. The van der Waals surface area contributed by atoms with Crippen LogP contribution in [0, 0.1) is 0 Å². The van der Waals surface area contributed by atoms with E-state index < -0.39 is 0 Å². The predicted molar refractivity (Wildman–Crippen MR) is 28.5 cm³/mol. The van der Waals surface area contributed by atoms with Gasteiger partial charge in [-0.3, -0.25) is 0 Å². The second-order valence-corrected chi connectivity index (χ2v) is 3.51. The molecule has 0 saturated heterocycles. The summed E-state index contributed by atoms with van der Waals surface area (Å²) in [7, 11) is 1.62. The van der Waals surface area contributed by atoms with Crippen molar-refractivity contribution in [3.05, 3.63) is 0 Å². The minimum absolute atomic E-state index is 0. The maximum atomic E-state index is 3.99. The van der Waals surface area contributed by atoms with Crippen molar-refractivity contribution >= 4 is 7.71 Å². The quantitative estimate of drug-likeness (QED) is 0.579. The van der Waals surface area contributed by atoms with Gasteiger partial charge in [0, 0.05) is 7.05 Å². The van der Waals surface area contributed by atoms with Gasteiger partial charge in [0.15, 0.2) is 0 Å². The van der Waals surface area contributed by atoms with Crippen LogP contribution in [0.4, 0.5) is 0 Å². The van der Waals surface area contributed by atoms with Gasteiger partial charge in [-0.25, -0.2) is 0 Å². The molecular formula is C3H10NPRf. The molecular weight excluding hydrogens is 348 g/mol. The third-order valence-corrected chi connectivity index (χ3v) is 1.34. The Kier molecular flexibility index (Phi) is 6.32. The third kappa shape index (κ3) is 10.6. The molecule has 0 bridgehead atoms. The van der Waals surface area contributed by atoms with Crippen molar-refractivity contribution in [2.24, 2.45) is 4.74 Å². The third-order valence-electron chi connectivity index (χ3n) is 0.447. The van der Waals surface area contributed by atoms with Crippen molar-refractivity contribution in [1.29, 1.82) is 0 Å². The van der Waals surface area contributed by atoms with Gasteiger partial charge in [0.05, 0.1) is 0 Å². The topological polar surface area (TPSA) is 12.4 Å². The predicted octanol–water partition coefficient (Wildman–Crippen LogP) is 1.27. The number of rotatable bonds is 0. The fraction of sp³-hybridized carbons (Fsp3) is 1.00. The van der Waals surface area contributed by atoms with Crippen LogP contribution >= 0.6 is 7.71 Å². The molecule has 0 rings (SSSR count). The minimum atomic E-state index is -0.249. The molecule has 0 aromatic rings. The molecule has 0 amide bonds. The largest absolute Gasteiger partial charge is 0.310 e. The van der Waals surface area contributed by atoms with E-state index in [1.54, 1.807) is 0 Å². The molecule has 0 aliphatic carbocycles. The second kappa shape index (κ2) is 4.23. The zero-order valence-corrected chi connectivity index (χ0v) is 12.1. The van der Waals surface area contributed by atoms with Crippen LogP contribution in [0.5, 0.6) is 0 Å². The van der Waals surface area contributed by atoms with Gasteiger partial charge in [-0.15, -0.1) is 0 Å². The van der Waals surface area contributed by atoms with Crippen LogP contribution in [0.15, 0.2) is 4.74 Å². The van der Waals surface area contributed by atoms with E-state index in [-0.39, 0.29) is 7.71 Å². The van der Waals surface area contributed by atoms with E-state index in [1.807, 2.05) is 7.05 Å². The fourth-order valence-corrected chi connectivity index (χ4v) is 0. The molecule has 0 radical (unpaired) electrons. The molecule has 0 heterocycles. The van der Waals surface area contributed by atoms with Crippen LogP contribution in [-0.4, -0.2) is 20.4 Å². The van der Waals surface area contributed by atoms with Crippen molar-refractivity contribution in [2.45, 2.75) is 0 Å². The van der Waals surface area contributed by atoms with Crippen molar-refractivity contribution < 1.29 is 0 Å². The first-order chi connectivity index (χ1) is 2.27. The maximum Gasteiger partial charge on any atom is 0.0258 e. The van der Waals surface area contributed by atoms with Gasteiger partial charge in [-0.2, -0.15) is 0 Å². The molecule has 0 aromatic carbocycles. The fourth-order valence-electron chi connectivity index (χ4n) is 0. The Hall–Kier alpha value is -0.770. The molecule has 0 aliphatic rings. The van der Waals surface area contributed by atoms with Crippen molar-refractivity contribution in [3.63, 3.8) is 0 Å². The molecule has 1 nitrogen and oxygen atoms in total. The molecule has 0 aromatic heterocycles. The Morgan fingerprint density at radius 3 is 1.50 bits per heavy atom. The number of hydrogen-bond donors (Lipinski definition) is 0. The van der Waals surface area contributed by atoms with E-state index in [1.165, 1.54) is 0 Å². The van der Waals surface area contributed by atoms with Gasteiger partial charge in [0.25, 0.3) is 0 Å². The van der Waals surface area contributed by atoms with Crippen molar-refractivity contribution in [2.75, 3.05) is 20.4 Å². The summed E-state index contributed by atoms with van der Waals surface area (Å²) in [4.78, 5) is 0. The second-order valence-electron chi connectivity index (χ2n) is 1.17. The zero-order valence-electron chi connectivity index (χ0n) is 4.65. The zero-order chi connectivity index (χ0) is 4.28. The molecule has 0 unspecified atom stereocenters. The summed E-state index contributed by atoms with van der Waals surface area (Å²) in [6.45, 7) is 4.31. The molecule has 0 spiro atoms. The number of nitrogens with zero attached hydrogens (tertiary/aromatic N) is 1. The summed E-state index contributed by atoms with van der Waals surface area (Å²) in [6.07, 6.45) is 0. The first kappa shape index (κ1) is 8.97. The van der Waals surface area contributed by atoms with E-state index in [0.29, 0.717) is 0 Å². The van der Waals surface area contributed by atoms with Crippen LogP contribution in [0.1, 0.15) is 0 Å². The molecule has 0 N–H and O–H groups in total. The summed E-state index contributed by atoms with van der Waals surface area (Å²) < 4.78 is 3.99. The smallest absolute Gasteiger partial charge is 0.0258 e. The van der Waals surface area contributed by atoms with Gasteiger partial charge < -0.3 is 4.74 Å². The number of hydrogen-bond acceptors (Lipinski definition) is 1. The summed E-state index contributed by atoms with van der Waals surface area (Å²) in [5.74, 6) is 0. The van der Waals surface area contributed by atoms with Crippen LogP contribution in [0.25, 0.3) is 0 Å². The van der Waals surface area contributed by atoms with Crippen molar-refractivity contribution in [3.8, 4) is 0 Å². The maximum absolute atomic E-state index is 3.99. The van der Waals surface area contributed by atoms with Gasteiger partial charge in [-0.1, -0.05) is 0 Å². The molecule has 34 valence electrons. The van der Waals surface area contributed by atoms with Gasteiger partial charge in [-0.05, 0) is 21.0 Å². The Morgan fingerprint density at radius 2 is 1.50 bits per heavy atom. The Balaban J connectivity index is 0. The van der Waals surface area contributed by atoms with Crippen LogP contribution in [0.3, 0.4) is 0 Å². The van der Waals surface area contributed by atoms with Crippen LogP contribution in [0.2, 0.25) is 0 Å². The summed E-state index contributed by atoms with van der Waals surface area (Å²) in [5.41, 5.74) is 0.